The Labute approximate surface area is 155 Å². The summed E-state index contributed by atoms with van der Waals surface area (Å²) in [6.07, 6.45) is 4.19. The molecule has 0 saturated carbocycles. The summed E-state index contributed by atoms with van der Waals surface area (Å²) >= 11 is 5.88. The number of hydrogen-bond acceptors (Lipinski definition) is 3. The monoisotopic (exact) mass is 365 g/mol. The van der Waals surface area contributed by atoms with Gasteiger partial charge in [0, 0.05) is 25.2 Å². The smallest absolute Gasteiger partial charge is 0.193 e. The lowest BCUT2D eigenvalue weighted by Crippen LogP contribution is -2.41. The van der Waals surface area contributed by atoms with Gasteiger partial charge in [-0.3, -0.25) is 4.99 Å². The minimum Gasteiger partial charge on any atom is -0.492 e. The summed E-state index contributed by atoms with van der Waals surface area (Å²) < 4.78 is 11.1. The second-order valence-corrected chi connectivity index (χ2v) is 6.33. The van der Waals surface area contributed by atoms with E-state index < -0.39 is 0 Å². The fraction of sp³-hybridized carbons (Fsp3) is 0.526. The van der Waals surface area contributed by atoms with Gasteiger partial charge in [-0.25, -0.2) is 0 Å². The molecule has 0 radical (unpaired) electrons. The van der Waals surface area contributed by atoms with E-state index in [0.29, 0.717) is 11.6 Å². The molecule has 6 heteroatoms. The highest BCUT2D eigenvalue weighted by Crippen LogP contribution is 2.15. The first-order valence-electron chi connectivity index (χ1n) is 8.82. The molecule has 5 nitrogen and oxygen atoms in total. The Morgan fingerprint density at radius 2 is 2.16 bits per heavy atom. The summed E-state index contributed by atoms with van der Waals surface area (Å²) in [6, 6.07) is 7.42. The predicted molar refractivity (Wildman–Crippen MR) is 104 cm³/mol. The van der Waals surface area contributed by atoms with Gasteiger partial charge in [0.15, 0.2) is 5.96 Å². The average Bonchev–Trinajstić information content (AvgIpc) is 2.63. The molecule has 2 rings (SSSR count). The normalized spacial score (nSPS) is 14.8. The highest BCUT2D eigenvalue weighted by molar-refractivity contribution is 6.30. The first-order chi connectivity index (χ1) is 12.2. The van der Waals surface area contributed by atoms with Crippen LogP contribution in [0.3, 0.4) is 0 Å². The van der Waals surface area contributed by atoms with Gasteiger partial charge in [0.2, 0.25) is 0 Å². The fourth-order valence-corrected chi connectivity index (χ4v) is 2.63. The van der Waals surface area contributed by atoms with E-state index >= 15 is 0 Å². The SMILES string of the molecule is CCNC(=NCCC1=CCOCC1)N(C)CCOc1ccc(Cl)cc1. The van der Waals surface area contributed by atoms with Gasteiger partial charge >= 0.3 is 0 Å². The van der Waals surface area contributed by atoms with Crippen LogP contribution in [0.15, 0.2) is 40.9 Å². The van der Waals surface area contributed by atoms with Crippen molar-refractivity contribution in [3.05, 3.63) is 40.9 Å². The van der Waals surface area contributed by atoms with Crippen molar-refractivity contribution in [2.24, 2.45) is 4.99 Å². The van der Waals surface area contributed by atoms with Gasteiger partial charge in [-0.2, -0.15) is 0 Å². The Morgan fingerprint density at radius 3 is 2.84 bits per heavy atom. The van der Waals surface area contributed by atoms with Crippen molar-refractivity contribution < 1.29 is 9.47 Å². The zero-order valence-electron chi connectivity index (χ0n) is 15.1. The van der Waals surface area contributed by atoms with Crippen LogP contribution in [0.25, 0.3) is 0 Å². The van der Waals surface area contributed by atoms with Gasteiger partial charge in [0.25, 0.3) is 0 Å². The van der Waals surface area contributed by atoms with Crippen molar-refractivity contribution in [1.29, 1.82) is 0 Å². The minimum atomic E-state index is 0.588. The Bertz CT molecular complexity index is 573. The van der Waals surface area contributed by atoms with Gasteiger partial charge in [0.05, 0.1) is 19.8 Å². The predicted octanol–water partition coefficient (Wildman–Crippen LogP) is 3.35. The van der Waals surface area contributed by atoms with E-state index in [4.69, 9.17) is 26.1 Å². The molecule has 0 unspecified atom stereocenters. The molecule has 1 aliphatic heterocycles. The molecule has 1 aromatic rings. The Kier molecular flexibility index (Phi) is 8.63. The molecule has 1 aliphatic rings. The number of nitrogens with zero attached hydrogens (tertiary/aromatic N) is 2. The number of likely N-dealkylation sites (N-methyl/N-ethyl adjacent to an activating group) is 1. The number of aliphatic imine (C=N–C) groups is 1. The highest BCUT2D eigenvalue weighted by atomic mass is 35.5. The maximum absolute atomic E-state index is 5.88. The molecule has 1 N–H and O–H groups in total. The largest absolute Gasteiger partial charge is 0.492 e. The molecule has 1 aromatic carbocycles. The number of halogens is 1. The lowest BCUT2D eigenvalue weighted by Gasteiger charge is -2.22. The Hall–Kier alpha value is -1.72. The van der Waals surface area contributed by atoms with Crippen molar-refractivity contribution in [3.8, 4) is 5.75 Å². The lowest BCUT2D eigenvalue weighted by molar-refractivity contribution is 0.153. The maximum atomic E-state index is 5.88. The quantitative estimate of drug-likeness (QED) is 0.436. The lowest BCUT2D eigenvalue weighted by atomic mass is 10.1. The van der Waals surface area contributed by atoms with E-state index in [-0.39, 0.29) is 0 Å². The van der Waals surface area contributed by atoms with Gasteiger partial charge in [-0.1, -0.05) is 23.3 Å². The first kappa shape index (κ1) is 19.6. The highest BCUT2D eigenvalue weighted by Gasteiger charge is 2.07. The number of ether oxygens (including phenoxy) is 2. The van der Waals surface area contributed by atoms with Crippen LogP contribution in [0, 0.1) is 0 Å². The standard InChI is InChI=1S/C19H28ClN3O2/c1-3-21-19(22-11-8-16-9-13-24-14-10-16)23(2)12-15-25-18-6-4-17(20)5-7-18/h4-7,9H,3,8,10-15H2,1-2H3,(H,21,22). The van der Waals surface area contributed by atoms with Crippen LogP contribution in [0.1, 0.15) is 19.8 Å². The minimum absolute atomic E-state index is 0.588. The zero-order valence-corrected chi connectivity index (χ0v) is 15.9. The number of guanidine groups is 1. The molecule has 1 heterocycles. The average molecular weight is 366 g/mol. The zero-order chi connectivity index (χ0) is 17.9. The molecule has 0 aromatic heterocycles. The van der Waals surface area contributed by atoms with Crippen molar-refractivity contribution in [3.63, 3.8) is 0 Å². The third-order valence-electron chi connectivity index (χ3n) is 3.96. The van der Waals surface area contributed by atoms with Crippen LogP contribution in [0.4, 0.5) is 0 Å². The number of hydrogen-bond donors (Lipinski definition) is 1. The van der Waals surface area contributed by atoms with E-state index in [1.54, 1.807) is 0 Å². The molecule has 138 valence electrons. The van der Waals surface area contributed by atoms with Crippen LogP contribution >= 0.6 is 11.6 Å². The van der Waals surface area contributed by atoms with Gasteiger partial charge in [-0.05, 0) is 44.0 Å². The molecule has 0 atom stereocenters. The van der Waals surface area contributed by atoms with E-state index in [0.717, 1.165) is 57.4 Å². The maximum Gasteiger partial charge on any atom is 0.193 e. The molecular weight excluding hydrogens is 338 g/mol. The number of benzene rings is 1. The number of nitrogens with one attached hydrogen (secondary N) is 1. The number of rotatable bonds is 8. The van der Waals surface area contributed by atoms with Crippen LogP contribution in [0.5, 0.6) is 5.75 Å². The third kappa shape index (κ3) is 7.36. The Balaban J connectivity index is 1.77. The summed E-state index contributed by atoms with van der Waals surface area (Å²) in [4.78, 5) is 6.82. The van der Waals surface area contributed by atoms with Gasteiger partial charge < -0.3 is 19.7 Å². The molecule has 0 aliphatic carbocycles. The van der Waals surface area contributed by atoms with Crippen LogP contribution in [0.2, 0.25) is 5.02 Å². The third-order valence-corrected chi connectivity index (χ3v) is 4.21. The van der Waals surface area contributed by atoms with Crippen molar-refractivity contribution >= 4 is 17.6 Å². The summed E-state index contributed by atoms with van der Waals surface area (Å²) in [6.45, 7) is 6.62. The van der Waals surface area contributed by atoms with Gasteiger partial charge in [-0.15, -0.1) is 0 Å². The summed E-state index contributed by atoms with van der Waals surface area (Å²) in [5, 5.41) is 4.05. The van der Waals surface area contributed by atoms with Crippen molar-refractivity contribution in [2.75, 3.05) is 46.5 Å². The van der Waals surface area contributed by atoms with E-state index in [9.17, 15) is 0 Å². The second-order valence-electron chi connectivity index (χ2n) is 5.90. The molecule has 0 amide bonds. The van der Waals surface area contributed by atoms with Crippen molar-refractivity contribution in [2.45, 2.75) is 19.8 Å². The molecule has 0 fully saturated rings. The second kappa shape index (κ2) is 11.0. The summed E-state index contributed by atoms with van der Waals surface area (Å²) in [5.74, 6) is 1.74. The molecule has 0 spiro atoms. The summed E-state index contributed by atoms with van der Waals surface area (Å²) in [5.41, 5.74) is 1.44. The molecule has 0 saturated heterocycles. The topological polar surface area (TPSA) is 46.1 Å². The molecule has 0 bridgehead atoms. The van der Waals surface area contributed by atoms with Crippen LogP contribution < -0.4 is 10.1 Å². The first-order valence-corrected chi connectivity index (χ1v) is 9.20. The van der Waals surface area contributed by atoms with Crippen LogP contribution in [-0.4, -0.2) is 57.4 Å². The van der Waals surface area contributed by atoms with E-state index in [2.05, 4.69) is 23.2 Å². The van der Waals surface area contributed by atoms with Crippen LogP contribution in [-0.2, 0) is 4.74 Å². The van der Waals surface area contributed by atoms with E-state index in [1.807, 2.05) is 31.3 Å². The van der Waals surface area contributed by atoms with E-state index in [1.165, 1.54) is 5.57 Å². The van der Waals surface area contributed by atoms with Gasteiger partial charge in [0.1, 0.15) is 12.4 Å². The summed E-state index contributed by atoms with van der Waals surface area (Å²) in [7, 11) is 2.03. The Morgan fingerprint density at radius 1 is 1.36 bits per heavy atom. The molecular formula is C19H28ClN3O2. The fourth-order valence-electron chi connectivity index (χ4n) is 2.50. The van der Waals surface area contributed by atoms with Crippen molar-refractivity contribution in [1.82, 2.24) is 10.2 Å². The molecule has 25 heavy (non-hydrogen) atoms.